The minimum atomic E-state index is -0.266. The van der Waals surface area contributed by atoms with Crippen molar-refractivity contribution >= 4 is 41.5 Å². The van der Waals surface area contributed by atoms with Gasteiger partial charge in [0.2, 0.25) is 5.91 Å². The van der Waals surface area contributed by atoms with E-state index in [1.54, 1.807) is 30.3 Å². The number of benzene rings is 1. The Morgan fingerprint density at radius 2 is 2.30 bits per heavy atom. The van der Waals surface area contributed by atoms with Gasteiger partial charge in [-0.3, -0.25) is 4.79 Å². The average molecular weight is 384 g/mol. The molecule has 0 aliphatic heterocycles. The Morgan fingerprint density at radius 1 is 1.55 bits per heavy atom. The number of guanidine groups is 1. The van der Waals surface area contributed by atoms with Gasteiger partial charge >= 0.3 is 0 Å². The first-order chi connectivity index (χ1) is 9.15. The van der Waals surface area contributed by atoms with Crippen LogP contribution in [0.1, 0.15) is 5.56 Å². The maximum atomic E-state index is 11.6. The van der Waals surface area contributed by atoms with E-state index in [0.717, 1.165) is 0 Å². The van der Waals surface area contributed by atoms with Gasteiger partial charge < -0.3 is 16.4 Å². The van der Waals surface area contributed by atoms with Gasteiger partial charge in [0.25, 0.3) is 0 Å². The quantitative estimate of drug-likeness (QED) is 0.236. The molecule has 1 rings (SSSR count). The van der Waals surface area contributed by atoms with E-state index in [1.807, 2.05) is 0 Å². The van der Waals surface area contributed by atoms with Crippen LogP contribution >= 0.6 is 24.0 Å². The van der Waals surface area contributed by atoms with Gasteiger partial charge in [-0.1, -0.05) is 18.1 Å². The Kier molecular flexibility index (Phi) is 8.87. The summed E-state index contributed by atoms with van der Waals surface area (Å²) in [6.45, 7) is 3.97. The molecule has 20 heavy (non-hydrogen) atoms. The number of nitrogens with one attached hydrogen (secondary N) is 2. The topological polar surface area (TPSA) is 79.5 Å². The van der Waals surface area contributed by atoms with Crippen LogP contribution in [-0.4, -0.2) is 25.0 Å². The Labute approximate surface area is 135 Å². The number of nitrogens with two attached hydrogens (primary N) is 1. The molecule has 0 aromatic heterocycles. The van der Waals surface area contributed by atoms with Crippen LogP contribution in [-0.2, 0) is 4.79 Å². The molecular formula is C14H17IN4O. The number of amides is 1. The first-order valence-electron chi connectivity index (χ1n) is 5.67. The third kappa shape index (κ3) is 6.80. The zero-order valence-corrected chi connectivity index (χ0v) is 13.3. The molecule has 0 unspecified atom stereocenters. The molecule has 0 aliphatic carbocycles. The predicted octanol–water partition coefficient (Wildman–Crippen LogP) is 1.31. The number of carbonyl (C=O) groups excluding carboxylic acids is 1. The van der Waals surface area contributed by atoms with Crippen LogP contribution < -0.4 is 16.4 Å². The summed E-state index contributed by atoms with van der Waals surface area (Å²) in [4.78, 5) is 15.5. The molecule has 0 heterocycles. The first kappa shape index (κ1) is 18.0. The van der Waals surface area contributed by atoms with E-state index in [2.05, 4.69) is 28.1 Å². The van der Waals surface area contributed by atoms with Gasteiger partial charge in [-0.25, -0.2) is 4.99 Å². The average Bonchev–Trinajstić information content (AvgIpc) is 2.43. The van der Waals surface area contributed by atoms with Crippen molar-refractivity contribution in [1.82, 2.24) is 5.32 Å². The van der Waals surface area contributed by atoms with Gasteiger partial charge in [0.1, 0.15) is 6.54 Å². The Morgan fingerprint density at radius 3 is 2.95 bits per heavy atom. The molecule has 0 saturated carbocycles. The monoisotopic (exact) mass is 384 g/mol. The van der Waals surface area contributed by atoms with E-state index >= 15 is 0 Å². The predicted molar refractivity (Wildman–Crippen MR) is 93.1 cm³/mol. The number of carbonyl (C=O) groups is 1. The van der Waals surface area contributed by atoms with Gasteiger partial charge in [0.15, 0.2) is 5.96 Å². The summed E-state index contributed by atoms with van der Waals surface area (Å²) in [5, 5.41) is 5.46. The number of terminal acetylenes is 1. The summed E-state index contributed by atoms with van der Waals surface area (Å²) >= 11 is 0. The lowest BCUT2D eigenvalue weighted by Crippen LogP contribution is -2.32. The summed E-state index contributed by atoms with van der Waals surface area (Å²) in [7, 11) is 0. The van der Waals surface area contributed by atoms with E-state index in [0.29, 0.717) is 17.8 Å². The zero-order valence-electron chi connectivity index (χ0n) is 10.9. The number of hydrogen-bond acceptors (Lipinski definition) is 2. The third-order valence-electron chi connectivity index (χ3n) is 2.13. The molecule has 0 saturated heterocycles. The zero-order chi connectivity index (χ0) is 14.1. The van der Waals surface area contributed by atoms with Crippen LogP contribution in [0.4, 0.5) is 5.69 Å². The minimum Gasteiger partial charge on any atom is -0.370 e. The van der Waals surface area contributed by atoms with Gasteiger partial charge in [-0.15, -0.1) is 37.0 Å². The van der Waals surface area contributed by atoms with E-state index < -0.39 is 0 Å². The van der Waals surface area contributed by atoms with Crippen molar-refractivity contribution in [2.75, 3.05) is 18.4 Å². The summed E-state index contributed by atoms with van der Waals surface area (Å²) in [6, 6.07) is 7.02. The molecule has 0 fully saturated rings. The number of aliphatic imine (C=N–C) groups is 1. The van der Waals surface area contributed by atoms with Crippen molar-refractivity contribution in [3.8, 4) is 12.3 Å². The molecular weight excluding hydrogens is 367 g/mol. The number of anilines is 1. The highest BCUT2D eigenvalue weighted by Gasteiger charge is 2.01. The third-order valence-corrected chi connectivity index (χ3v) is 2.13. The molecule has 6 heteroatoms. The lowest BCUT2D eigenvalue weighted by molar-refractivity contribution is -0.114. The molecule has 0 atom stereocenters. The molecule has 0 bridgehead atoms. The Hall–Kier alpha value is -2.01. The number of halogens is 1. The van der Waals surface area contributed by atoms with Crippen LogP contribution in [0, 0.1) is 12.3 Å². The minimum absolute atomic E-state index is 0. The second-order valence-electron chi connectivity index (χ2n) is 3.64. The highest BCUT2D eigenvalue weighted by atomic mass is 127. The van der Waals surface area contributed by atoms with Gasteiger partial charge in [0.05, 0.1) is 0 Å². The largest absolute Gasteiger partial charge is 0.370 e. The van der Waals surface area contributed by atoms with Crippen LogP contribution in [0.15, 0.2) is 41.9 Å². The highest BCUT2D eigenvalue weighted by molar-refractivity contribution is 14.0. The first-order valence-corrected chi connectivity index (χ1v) is 5.67. The fraction of sp³-hybridized carbons (Fsp3) is 0.143. The van der Waals surface area contributed by atoms with Crippen LogP contribution in [0.25, 0.3) is 0 Å². The fourth-order valence-corrected chi connectivity index (χ4v) is 1.28. The fourth-order valence-electron chi connectivity index (χ4n) is 1.28. The standard InChI is InChI=1S/C14H16N4O.HI/c1-3-8-16-14(15)17-10-13(19)18-12-7-5-6-11(4-2)9-12;/h2-3,5-7,9H,1,8,10H2,(H,18,19)(H3,15,16,17);1H. The molecule has 1 amide bonds. The molecule has 0 radical (unpaired) electrons. The Balaban J connectivity index is 0.00000361. The van der Waals surface area contributed by atoms with E-state index in [9.17, 15) is 4.79 Å². The Bertz CT molecular complexity index is 534. The van der Waals surface area contributed by atoms with Crippen LogP contribution in [0.5, 0.6) is 0 Å². The van der Waals surface area contributed by atoms with Gasteiger partial charge in [-0.2, -0.15) is 0 Å². The van der Waals surface area contributed by atoms with Crippen LogP contribution in [0.3, 0.4) is 0 Å². The van der Waals surface area contributed by atoms with E-state index in [1.165, 1.54) is 0 Å². The lowest BCUT2D eigenvalue weighted by Gasteiger charge is -2.05. The summed E-state index contributed by atoms with van der Waals surface area (Å²) < 4.78 is 0. The summed E-state index contributed by atoms with van der Waals surface area (Å²) in [5.41, 5.74) is 6.87. The molecule has 0 spiro atoms. The number of rotatable bonds is 5. The molecule has 4 N–H and O–H groups in total. The number of hydrogen-bond donors (Lipinski definition) is 3. The summed E-state index contributed by atoms with van der Waals surface area (Å²) in [5.74, 6) is 2.43. The van der Waals surface area contributed by atoms with Crippen molar-refractivity contribution in [1.29, 1.82) is 0 Å². The van der Waals surface area contributed by atoms with Gasteiger partial charge in [0, 0.05) is 17.8 Å². The second kappa shape index (κ2) is 9.86. The SMILES string of the molecule is C#Cc1cccc(NC(=O)CN=C(N)NCC=C)c1.I. The van der Waals surface area contributed by atoms with Crippen molar-refractivity contribution in [3.05, 3.63) is 42.5 Å². The number of nitrogens with zero attached hydrogens (tertiary/aromatic N) is 1. The molecule has 1 aromatic rings. The smallest absolute Gasteiger partial charge is 0.246 e. The van der Waals surface area contributed by atoms with E-state index in [-0.39, 0.29) is 42.4 Å². The maximum absolute atomic E-state index is 11.6. The maximum Gasteiger partial charge on any atom is 0.246 e. The molecule has 5 nitrogen and oxygen atoms in total. The van der Waals surface area contributed by atoms with E-state index in [4.69, 9.17) is 12.2 Å². The second-order valence-corrected chi connectivity index (χ2v) is 3.64. The van der Waals surface area contributed by atoms with Crippen molar-refractivity contribution < 1.29 is 4.79 Å². The molecule has 1 aromatic carbocycles. The highest BCUT2D eigenvalue weighted by Crippen LogP contribution is 2.09. The molecule has 0 aliphatic rings. The normalized spacial score (nSPS) is 9.85. The van der Waals surface area contributed by atoms with Crippen LogP contribution in [0.2, 0.25) is 0 Å². The van der Waals surface area contributed by atoms with Crippen molar-refractivity contribution in [2.24, 2.45) is 10.7 Å². The van der Waals surface area contributed by atoms with Gasteiger partial charge in [-0.05, 0) is 18.2 Å². The van der Waals surface area contributed by atoms with Crippen molar-refractivity contribution in [2.45, 2.75) is 0 Å². The van der Waals surface area contributed by atoms with Crippen molar-refractivity contribution in [3.63, 3.8) is 0 Å². The summed E-state index contributed by atoms with van der Waals surface area (Å²) in [6.07, 6.45) is 6.92. The lowest BCUT2D eigenvalue weighted by atomic mass is 10.2. The molecule has 106 valence electrons.